The summed E-state index contributed by atoms with van der Waals surface area (Å²) in [5, 5.41) is 10.0. The van der Waals surface area contributed by atoms with E-state index in [2.05, 4.69) is 15.2 Å². The molecule has 0 saturated carbocycles. The third-order valence-electron chi connectivity index (χ3n) is 4.32. The lowest BCUT2D eigenvalue weighted by atomic mass is 9.89. The number of carbonyl (C=O) groups excluding carboxylic acids is 1. The molecule has 10 heteroatoms. The average molecular weight is 342 g/mol. The highest BCUT2D eigenvalue weighted by atomic mass is 19.4. The Bertz CT molecular complexity index is 791. The van der Waals surface area contributed by atoms with Crippen molar-refractivity contribution < 1.29 is 18.0 Å². The number of nitrogens with zero attached hydrogens (tertiary/aromatic N) is 5. The van der Waals surface area contributed by atoms with Gasteiger partial charge in [0.05, 0.1) is 5.69 Å². The molecule has 1 amide bonds. The quantitative estimate of drug-likeness (QED) is 0.904. The highest BCUT2D eigenvalue weighted by Crippen LogP contribution is 2.32. The first kappa shape index (κ1) is 16.5. The van der Waals surface area contributed by atoms with Crippen molar-refractivity contribution in [2.24, 2.45) is 7.05 Å². The van der Waals surface area contributed by atoms with Crippen molar-refractivity contribution in [3.63, 3.8) is 0 Å². The first-order chi connectivity index (χ1) is 11.2. The second kappa shape index (κ2) is 5.60. The van der Waals surface area contributed by atoms with Gasteiger partial charge in [0.2, 0.25) is 5.95 Å². The molecule has 0 bridgehead atoms. The van der Waals surface area contributed by atoms with Crippen LogP contribution in [-0.4, -0.2) is 36.6 Å². The highest BCUT2D eigenvalue weighted by Gasteiger charge is 2.39. The summed E-state index contributed by atoms with van der Waals surface area (Å²) in [6.45, 7) is 4.46. The molecule has 1 N–H and O–H groups in total. The number of rotatable bonds is 2. The second-order valence-electron chi connectivity index (χ2n) is 5.92. The molecule has 1 atom stereocenters. The van der Waals surface area contributed by atoms with Gasteiger partial charge in [0, 0.05) is 25.7 Å². The molecule has 7 nitrogen and oxygen atoms in total. The maximum absolute atomic E-state index is 12.3. The van der Waals surface area contributed by atoms with Crippen molar-refractivity contribution in [2.45, 2.75) is 45.3 Å². The zero-order chi connectivity index (χ0) is 17.6. The van der Waals surface area contributed by atoms with Crippen molar-refractivity contribution >= 4 is 11.9 Å². The van der Waals surface area contributed by atoms with Gasteiger partial charge in [-0.2, -0.15) is 23.3 Å². The van der Waals surface area contributed by atoms with E-state index < -0.39 is 12.1 Å². The summed E-state index contributed by atoms with van der Waals surface area (Å²) in [6, 6.07) is 0. The molecule has 24 heavy (non-hydrogen) atoms. The third-order valence-corrected chi connectivity index (χ3v) is 4.32. The lowest BCUT2D eigenvalue weighted by Gasteiger charge is -2.22. The molecule has 1 aliphatic rings. The summed E-state index contributed by atoms with van der Waals surface area (Å²) in [4.78, 5) is 15.0. The van der Waals surface area contributed by atoms with Crippen LogP contribution < -0.4 is 5.32 Å². The molecule has 0 aromatic carbocycles. The predicted octanol–water partition coefficient (Wildman–Crippen LogP) is 1.86. The molecule has 3 heterocycles. The minimum atomic E-state index is -4.96. The van der Waals surface area contributed by atoms with Crippen LogP contribution in [0.1, 0.15) is 35.1 Å². The third kappa shape index (κ3) is 2.87. The number of nitrogens with one attached hydrogen (secondary N) is 1. The summed E-state index contributed by atoms with van der Waals surface area (Å²) >= 11 is 0. The fourth-order valence-electron chi connectivity index (χ4n) is 3.16. The number of aryl methyl sites for hydroxylation is 3. The van der Waals surface area contributed by atoms with Gasteiger partial charge in [0.1, 0.15) is 5.82 Å². The topological polar surface area (TPSA) is 77.6 Å². The highest BCUT2D eigenvalue weighted by molar-refractivity contribution is 5.93. The van der Waals surface area contributed by atoms with E-state index in [1.807, 2.05) is 25.6 Å². The van der Waals surface area contributed by atoms with Crippen molar-refractivity contribution in [1.29, 1.82) is 0 Å². The number of hydrogen-bond donors (Lipinski definition) is 1. The Labute approximate surface area is 135 Å². The second-order valence-corrected chi connectivity index (χ2v) is 5.92. The SMILES string of the molecule is Cc1nn(C)c(C)c1C1CCn2nc(NC(=O)C(F)(F)F)nc2C1. The number of hydrogen-bond acceptors (Lipinski definition) is 4. The smallest absolute Gasteiger partial charge is 0.285 e. The number of amides is 1. The van der Waals surface area contributed by atoms with Gasteiger partial charge in [-0.1, -0.05) is 0 Å². The van der Waals surface area contributed by atoms with E-state index >= 15 is 0 Å². The van der Waals surface area contributed by atoms with Crippen LogP contribution in [0.25, 0.3) is 0 Å². The van der Waals surface area contributed by atoms with E-state index in [9.17, 15) is 18.0 Å². The van der Waals surface area contributed by atoms with Gasteiger partial charge in [-0.15, -0.1) is 5.10 Å². The Morgan fingerprint density at radius 3 is 2.58 bits per heavy atom. The Balaban J connectivity index is 1.81. The molecule has 2 aromatic heterocycles. The minimum absolute atomic E-state index is 0.182. The maximum atomic E-state index is 12.3. The van der Waals surface area contributed by atoms with Gasteiger partial charge < -0.3 is 0 Å². The Kier molecular flexibility index (Phi) is 3.84. The molecule has 0 radical (unpaired) electrons. The van der Waals surface area contributed by atoms with Crippen molar-refractivity contribution in [2.75, 3.05) is 5.32 Å². The standard InChI is InChI=1S/C14H17F3N6O/c1-7-11(8(2)22(3)20-7)9-4-5-23-10(6-9)18-13(21-23)19-12(24)14(15,16)17/h9H,4-6H2,1-3H3,(H,19,21,24). The molecule has 130 valence electrons. The summed E-state index contributed by atoms with van der Waals surface area (Å²) in [5.41, 5.74) is 3.15. The number of fused-ring (bicyclic) bond motifs is 1. The van der Waals surface area contributed by atoms with E-state index in [1.54, 1.807) is 10.00 Å². The monoisotopic (exact) mass is 342 g/mol. The molecular weight excluding hydrogens is 325 g/mol. The zero-order valence-electron chi connectivity index (χ0n) is 13.5. The van der Waals surface area contributed by atoms with Crippen LogP contribution in [0.4, 0.5) is 19.1 Å². The van der Waals surface area contributed by atoms with Crippen LogP contribution in [-0.2, 0) is 24.8 Å². The lowest BCUT2D eigenvalue weighted by molar-refractivity contribution is -0.167. The van der Waals surface area contributed by atoms with Crippen molar-refractivity contribution in [3.8, 4) is 0 Å². The fraction of sp³-hybridized carbons (Fsp3) is 0.571. The Morgan fingerprint density at radius 1 is 1.29 bits per heavy atom. The van der Waals surface area contributed by atoms with E-state index in [4.69, 9.17) is 0 Å². The number of aromatic nitrogens is 5. The fourth-order valence-corrected chi connectivity index (χ4v) is 3.16. The number of halogens is 3. The first-order valence-electron chi connectivity index (χ1n) is 7.48. The summed E-state index contributed by atoms with van der Waals surface area (Å²) in [6.07, 6.45) is -3.63. The Morgan fingerprint density at radius 2 is 2.00 bits per heavy atom. The maximum Gasteiger partial charge on any atom is 0.471 e. The number of carbonyl (C=O) groups is 1. The molecule has 3 rings (SSSR count). The summed E-state index contributed by atoms with van der Waals surface area (Å²) in [7, 11) is 1.88. The Hall–Kier alpha value is -2.39. The molecule has 1 unspecified atom stereocenters. The molecule has 0 aliphatic carbocycles. The van der Waals surface area contributed by atoms with E-state index in [-0.39, 0.29) is 11.9 Å². The predicted molar refractivity (Wildman–Crippen MR) is 78.5 cm³/mol. The number of alkyl halides is 3. The van der Waals surface area contributed by atoms with Gasteiger partial charge >= 0.3 is 12.1 Å². The summed E-state index contributed by atoms with van der Waals surface area (Å²) < 4.78 is 40.3. The normalized spacial score (nSPS) is 17.7. The minimum Gasteiger partial charge on any atom is -0.285 e. The molecule has 2 aromatic rings. The van der Waals surface area contributed by atoms with Crippen LogP contribution in [0.2, 0.25) is 0 Å². The van der Waals surface area contributed by atoms with Gasteiger partial charge in [0.15, 0.2) is 0 Å². The molecular formula is C14H17F3N6O. The molecule has 0 saturated heterocycles. The van der Waals surface area contributed by atoms with Crippen LogP contribution in [0.15, 0.2) is 0 Å². The average Bonchev–Trinajstić information content (AvgIpc) is 2.98. The van der Waals surface area contributed by atoms with E-state index in [0.717, 1.165) is 23.4 Å². The van der Waals surface area contributed by atoms with Gasteiger partial charge in [-0.25, -0.2) is 4.68 Å². The number of anilines is 1. The molecule has 0 spiro atoms. The first-order valence-corrected chi connectivity index (χ1v) is 7.48. The summed E-state index contributed by atoms with van der Waals surface area (Å²) in [5.74, 6) is -1.64. The van der Waals surface area contributed by atoms with Crippen LogP contribution in [0.3, 0.4) is 0 Å². The van der Waals surface area contributed by atoms with Crippen LogP contribution >= 0.6 is 0 Å². The zero-order valence-corrected chi connectivity index (χ0v) is 13.5. The van der Waals surface area contributed by atoms with Crippen molar-refractivity contribution in [3.05, 3.63) is 22.8 Å². The molecule has 1 aliphatic heterocycles. The van der Waals surface area contributed by atoms with Crippen LogP contribution in [0, 0.1) is 13.8 Å². The van der Waals surface area contributed by atoms with Gasteiger partial charge in [-0.3, -0.25) is 14.8 Å². The molecule has 0 fully saturated rings. The van der Waals surface area contributed by atoms with E-state index in [1.165, 1.54) is 0 Å². The lowest BCUT2D eigenvalue weighted by Crippen LogP contribution is -2.30. The van der Waals surface area contributed by atoms with Crippen LogP contribution in [0.5, 0.6) is 0 Å². The largest absolute Gasteiger partial charge is 0.471 e. The van der Waals surface area contributed by atoms with Gasteiger partial charge in [0.25, 0.3) is 0 Å². The van der Waals surface area contributed by atoms with E-state index in [0.29, 0.717) is 18.8 Å². The van der Waals surface area contributed by atoms with Gasteiger partial charge in [-0.05, 0) is 31.7 Å². The van der Waals surface area contributed by atoms with Crippen molar-refractivity contribution in [1.82, 2.24) is 24.5 Å².